The number of aliphatic imine (C=N–C) groups is 1. The van der Waals surface area contributed by atoms with Crippen molar-refractivity contribution in [3.8, 4) is 5.88 Å². The van der Waals surface area contributed by atoms with Gasteiger partial charge in [0.2, 0.25) is 5.88 Å². The first kappa shape index (κ1) is 18.1. The fraction of sp³-hybridized carbons (Fsp3) is 0.571. The van der Waals surface area contributed by atoms with E-state index in [0.29, 0.717) is 18.1 Å². The van der Waals surface area contributed by atoms with Crippen LogP contribution in [0, 0.1) is 0 Å². The van der Waals surface area contributed by atoms with E-state index in [4.69, 9.17) is 4.74 Å². The van der Waals surface area contributed by atoms with Crippen LogP contribution < -0.4 is 15.4 Å². The quantitative estimate of drug-likeness (QED) is 0.599. The normalized spacial score (nSPS) is 12.1. The van der Waals surface area contributed by atoms with Gasteiger partial charge in [0.1, 0.15) is 0 Å². The molecule has 22 heavy (non-hydrogen) atoms. The highest BCUT2D eigenvalue weighted by Crippen LogP contribution is 2.20. The van der Waals surface area contributed by atoms with Gasteiger partial charge in [-0.1, -0.05) is 13.0 Å². The van der Waals surface area contributed by atoms with Gasteiger partial charge >= 0.3 is 6.18 Å². The third-order valence-corrected chi connectivity index (χ3v) is 2.52. The number of aromatic nitrogens is 1. The van der Waals surface area contributed by atoms with Crippen LogP contribution in [0.5, 0.6) is 5.88 Å². The van der Waals surface area contributed by atoms with Gasteiger partial charge in [-0.05, 0) is 19.4 Å². The van der Waals surface area contributed by atoms with Crippen molar-refractivity contribution in [2.24, 2.45) is 4.99 Å². The Morgan fingerprint density at radius 1 is 1.32 bits per heavy atom. The van der Waals surface area contributed by atoms with Crippen LogP contribution in [0.25, 0.3) is 0 Å². The van der Waals surface area contributed by atoms with Crippen LogP contribution in [-0.4, -0.2) is 36.8 Å². The van der Waals surface area contributed by atoms with E-state index >= 15 is 0 Å². The van der Waals surface area contributed by atoms with Crippen molar-refractivity contribution < 1.29 is 17.9 Å². The van der Waals surface area contributed by atoms with Crippen molar-refractivity contribution in [3.05, 3.63) is 23.9 Å². The second kappa shape index (κ2) is 9.11. The van der Waals surface area contributed by atoms with Crippen LogP contribution in [-0.2, 0) is 6.54 Å². The Bertz CT molecular complexity index is 477. The number of halogens is 3. The number of pyridine rings is 1. The van der Waals surface area contributed by atoms with Gasteiger partial charge in [0.05, 0.1) is 6.54 Å². The molecule has 8 heteroatoms. The molecule has 0 atom stereocenters. The molecule has 0 amide bonds. The maximum atomic E-state index is 12.2. The van der Waals surface area contributed by atoms with Gasteiger partial charge in [-0.3, -0.25) is 0 Å². The van der Waals surface area contributed by atoms with Crippen molar-refractivity contribution in [2.75, 3.05) is 19.7 Å². The Hall–Kier alpha value is -1.99. The minimum Gasteiger partial charge on any atom is -0.468 e. The van der Waals surface area contributed by atoms with Gasteiger partial charge in [-0.15, -0.1) is 0 Å². The standard InChI is InChI=1S/C14H21F3N4O/c1-3-7-20-13(18-4-2)21-9-11-6-5-8-19-12(11)22-10-14(15,16)17/h5-6,8H,3-4,7,9-10H2,1-2H3,(H2,18,20,21). The number of nitrogens with zero attached hydrogens (tertiary/aromatic N) is 2. The highest BCUT2D eigenvalue weighted by molar-refractivity contribution is 5.79. The lowest BCUT2D eigenvalue weighted by Crippen LogP contribution is -2.37. The maximum Gasteiger partial charge on any atom is 0.422 e. The smallest absolute Gasteiger partial charge is 0.422 e. The Morgan fingerprint density at radius 2 is 2.09 bits per heavy atom. The van der Waals surface area contributed by atoms with Crippen molar-refractivity contribution in [1.29, 1.82) is 0 Å². The summed E-state index contributed by atoms with van der Waals surface area (Å²) < 4.78 is 41.4. The highest BCUT2D eigenvalue weighted by atomic mass is 19.4. The summed E-state index contributed by atoms with van der Waals surface area (Å²) in [5, 5.41) is 6.18. The molecule has 1 rings (SSSR count). The SMILES string of the molecule is CCCNC(=NCc1cccnc1OCC(F)(F)F)NCC. The van der Waals surface area contributed by atoms with Crippen LogP contribution in [0.4, 0.5) is 13.2 Å². The lowest BCUT2D eigenvalue weighted by atomic mass is 10.3. The molecule has 0 aromatic carbocycles. The van der Waals surface area contributed by atoms with Crippen LogP contribution in [0.2, 0.25) is 0 Å². The number of hydrogen-bond donors (Lipinski definition) is 2. The molecule has 1 heterocycles. The van der Waals surface area contributed by atoms with Crippen molar-refractivity contribution in [1.82, 2.24) is 15.6 Å². The van der Waals surface area contributed by atoms with Crippen molar-refractivity contribution in [3.63, 3.8) is 0 Å². The number of ether oxygens (including phenoxy) is 1. The first-order valence-electron chi connectivity index (χ1n) is 7.12. The maximum absolute atomic E-state index is 12.2. The zero-order chi connectivity index (χ0) is 16.4. The lowest BCUT2D eigenvalue weighted by Gasteiger charge is -2.12. The molecule has 0 unspecified atom stereocenters. The van der Waals surface area contributed by atoms with Gasteiger partial charge in [0, 0.05) is 24.8 Å². The van der Waals surface area contributed by atoms with E-state index < -0.39 is 12.8 Å². The van der Waals surface area contributed by atoms with E-state index in [9.17, 15) is 13.2 Å². The van der Waals surface area contributed by atoms with Crippen LogP contribution in [0.3, 0.4) is 0 Å². The Morgan fingerprint density at radius 3 is 2.73 bits per heavy atom. The molecule has 5 nitrogen and oxygen atoms in total. The Balaban J connectivity index is 2.74. The monoisotopic (exact) mass is 318 g/mol. The van der Waals surface area contributed by atoms with E-state index in [1.807, 2.05) is 13.8 Å². The predicted molar refractivity (Wildman–Crippen MR) is 78.9 cm³/mol. The highest BCUT2D eigenvalue weighted by Gasteiger charge is 2.29. The molecule has 0 aliphatic rings. The Kier molecular flexibility index (Phi) is 7.48. The largest absolute Gasteiger partial charge is 0.468 e. The van der Waals surface area contributed by atoms with Crippen LogP contribution >= 0.6 is 0 Å². The second-order valence-corrected chi connectivity index (χ2v) is 4.49. The molecule has 0 fully saturated rings. The summed E-state index contributed by atoms with van der Waals surface area (Å²) in [5.41, 5.74) is 0.500. The van der Waals surface area contributed by atoms with E-state index in [-0.39, 0.29) is 12.4 Å². The fourth-order valence-electron chi connectivity index (χ4n) is 1.57. The van der Waals surface area contributed by atoms with Gasteiger partial charge in [-0.25, -0.2) is 9.98 Å². The number of hydrogen-bond acceptors (Lipinski definition) is 3. The molecule has 0 radical (unpaired) electrons. The molecule has 0 saturated heterocycles. The summed E-state index contributed by atoms with van der Waals surface area (Å²) in [7, 11) is 0. The van der Waals surface area contributed by atoms with E-state index in [1.54, 1.807) is 12.1 Å². The Labute approximate surface area is 128 Å². The van der Waals surface area contributed by atoms with Gasteiger partial charge in [0.15, 0.2) is 12.6 Å². The summed E-state index contributed by atoms with van der Waals surface area (Å²) >= 11 is 0. The van der Waals surface area contributed by atoms with E-state index in [0.717, 1.165) is 13.0 Å². The first-order valence-corrected chi connectivity index (χ1v) is 7.12. The van der Waals surface area contributed by atoms with Gasteiger partial charge < -0.3 is 15.4 Å². The van der Waals surface area contributed by atoms with E-state index in [2.05, 4.69) is 20.6 Å². The van der Waals surface area contributed by atoms with Gasteiger partial charge in [0.25, 0.3) is 0 Å². The van der Waals surface area contributed by atoms with E-state index in [1.165, 1.54) is 6.20 Å². The average Bonchev–Trinajstić information content (AvgIpc) is 2.48. The molecule has 1 aromatic heterocycles. The molecular formula is C14H21F3N4O. The summed E-state index contributed by atoms with van der Waals surface area (Å²) in [5.74, 6) is 0.560. The van der Waals surface area contributed by atoms with Crippen LogP contribution in [0.15, 0.2) is 23.3 Å². The zero-order valence-corrected chi connectivity index (χ0v) is 12.7. The number of alkyl halides is 3. The fourth-order valence-corrected chi connectivity index (χ4v) is 1.57. The molecular weight excluding hydrogens is 297 g/mol. The van der Waals surface area contributed by atoms with Gasteiger partial charge in [-0.2, -0.15) is 13.2 Å². The summed E-state index contributed by atoms with van der Waals surface area (Å²) in [6, 6.07) is 3.28. The lowest BCUT2D eigenvalue weighted by molar-refractivity contribution is -0.154. The summed E-state index contributed by atoms with van der Waals surface area (Å²) in [6.07, 6.45) is -2.06. The molecule has 0 aliphatic heterocycles. The average molecular weight is 318 g/mol. The van der Waals surface area contributed by atoms with Crippen molar-refractivity contribution >= 4 is 5.96 Å². The summed E-state index contributed by atoms with van der Waals surface area (Å²) in [4.78, 5) is 8.16. The number of rotatable bonds is 7. The van der Waals surface area contributed by atoms with Crippen LogP contribution in [0.1, 0.15) is 25.8 Å². The predicted octanol–water partition coefficient (Wildman–Crippen LogP) is 2.49. The topological polar surface area (TPSA) is 58.5 Å². The first-order chi connectivity index (χ1) is 10.5. The minimum atomic E-state index is -4.39. The molecule has 0 spiro atoms. The zero-order valence-electron chi connectivity index (χ0n) is 12.7. The van der Waals surface area contributed by atoms with Crippen molar-refractivity contribution in [2.45, 2.75) is 33.0 Å². The molecule has 1 aromatic rings. The third-order valence-electron chi connectivity index (χ3n) is 2.52. The molecule has 2 N–H and O–H groups in total. The molecule has 0 bridgehead atoms. The molecule has 124 valence electrons. The minimum absolute atomic E-state index is 0.0464. The number of guanidine groups is 1. The summed E-state index contributed by atoms with van der Waals surface area (Å²) in [6.45, 7) is 4.23. The third kappa shape index (κ3) is 7.14. The molecule has 0 saturated carbocycles. The second-order valence-electron chi connectivity index (χ2n) is 4.49. The number of nitrogens with one attached hydrogen (secondary N) is 2. The molecule has 0 aliphatic carbocycles.